The van der Waals surface area contributed by atoms with Crippen LogP contribution in [0.4, 0.5) is 5.69 Å². The van der Waals surface area contributed by atoms with Crippen molar-refractivity contribution in [1.82, 2.24) is 4.90 Å². The van der Waals surface area contributed by atoms with Crippen molar-refractivity contribution in [3.8, 4) is 11.5 Å². The Hall–Kier alpha value is -2.61. The molecule has 1 spiro atoms. The van der Waals surface area contributed by atoms with Crippen LogP contribution in [0.1, 0.15) is 55.9 Å². The van der Waals surface area contributed by atoms with Gasteiger partial charge in [0.05, 0.1) is 19.3 Å². The number of rotatable bonds is 6. The molecule has 2 aliphatic heterocycles. The SMILES string of the molecule is CCC(=O)Nc1ccc([C@@H](O)CN2CCC3(CC2)C[C@H](O)c2ccc(OC)cc2O3)cc1. The summed E-state index contributed by atoms with van der Waals surface area (Å²) >= 11 is 0. The molecule has 1 amide bonds. The van der Waals surface area contributed by atoms with Crippen LogP contribution in [0.3, 0.4) is 0 Å². The molecular weight excluding hydrogens is 408 g/mol. The van der Waals surface area contributed by atoms with E-state index >= 15 is 0 Å². The average Bonchev–Trinajstić information content (AvgIpc) is 2.80. The fraction of sp³-hybridized carbons (Fsp3) is 0.480. The monoisotopic (exact) mass is 440 g/mol. The van der Waals surface area contributed by atoms with E-state index in [0.717, 1.165) is 42.7 Å². The highest BCUT2D eigenvalue weighted by Crippen LogP contribution is 2.45. The van der Waals surface area contributed by atoms with Crippen LogP contribution in [0.2, 0.25) is 0 Å². The second-order valence-electron chi connectivity index (χ2n) is 8.75. The molecule has 2 aromatic carbocycles. The topological polar surface area (TPSA) is 91.3 Å². The summed E-state index contributed by atoms with van der Waals surface area (Å²) in [5.74, 6) is 1.39. The first-order valence-corrected chi connectivity index (χ1v) is 11.3. The lowest BCUT2D eigenvalue weighted by atomic mass is 9.81. The number of benzene rings is 2. The highest BCUT2D eigenvalue weighted by molar-refractivity contribution is 5.90. The molecule has 1 saturated heterocycles. The molecule has 0 aromatic heterocycles. The predicted octanol–water partition coefficient (Wildman–Crippen LogP) is 3.43. The summed E-state index contributed by atoms with van der Waals surface area (Å²) in [6.07, 6.45) is 1.43. The van der Waals surface area contributed by atoms with Crippen molar-refractivity contribution in [3.05, 3.63) is 53.6 Å². The van der Waals surface area contributed by atoms with Gasteiger partial charge >= 0.3 is 0 Å². The van der Waals surface area contributed by atoms with Gasteiger partial charge in [0.1, 0.15) is 17.1 Å². The first kappa shape index (κ1) is 22.6. The van der Waals surface area contributed by atoms with Crippen molar-refractivity contribution in [2.45, 2.75) is 50.4 Å². The lowest BCUT2D eigenvalue weighted by Crippen LogP contribution is -2.51. The van der Waals surface area contributed by atoms with E-state index in [1.807, 2.05) is 49.4 Å². The summed E-state index contributed by atoms with van der Waals surface area (Å²) in [5.41, 5.74) is 1.98. The maximum absolute atomic E-state index is 11.5. The van der Waals surface area contributed by atoms with Crippen molar-refractivity contribution >= 4 is 11.6 Å². The van der Waals surface area contributed by atoms with E-state index in [4.69, 9.17) is 9.47 Å². The molecule has 0 saturated carbocycles. The highest BCUT2D eigenvalue weighted by Gasteiger charge is 2.43. The van der Waals surface area contributed by atoms with Crippen molar-refractivity contribution in [2.75, 3.05) is 32.1 Å². The summed E-state index contributed by atoms with van der Waals surface area (Å²) < 4.78 is 11.7. The second-order valence-corrected chi connectivity index (χ2v) is 8.75. The van der Waals surface area contributed by atoms with E-state index in [1.54, 1.807) is 7.11 Å². The molecule has 2 aromatic rings. The van der Waals surface area contributed by atoms with Gasteiger partial charge in [0.25, 0.3) is 0 Å². The maximum Gasteiger partial charge on any atom is 0.224 e. The lowest BCUT2D eigenvalue weighted by molar-refractivity contribution is -0.115. The fourth-order valence-corrected chi connectivity index (χ4v) is 4.58. The molecule has 3 N–H and O–H groups in total. The number of β-amino-alcohol motifs (C(OH)–C–C–N with tert-alkyl or cyclic N) is 1. The van der Waals surface area contributed by atoms with Gasteiger partial charge in [0.2, 0.25) is 5.91 Å². The standard InChI is InChI=1S/C25H32N2O5/c1-3-24(30)26-18-6-4-17(5-7-18)22(29)16-27-12-10-25(11-13-27)15-21(28)20-9-8-19(31-2)14-23(20)32-25/h4-9,14,21-22,28-29H,3,10-13,15-16H2,1-2H3,(H,26,30)/t21-,22-/m0/s1. The summed E-state index contributed by atoms with van der Waals surface area (Å²) in [6.45, 7) is 3.91. The number of hydrogen-bond donors (Lipinski definition) is 3. The number of piperidine rings is 1. The second kappa shape index (κ2) is 9.48. The predicted molar refractivity (Wildman–Crippen MR) is 122 cm³/mol. The molecule has 32 heavy (non-hydrogen) atoms. The number of fused-ring (bicyclic) bond motifs is 1. The van der Waals surface area contributed by atoms with Gasteiger partial charge < -0.3 is 29.9 Å². The fourth-order valence-electron chi connectivity index (χ4n) is 4.58. The minimum Gasteiger partial charge on any atom is -0.497 e. The Labute approximate surface area is 189 Å². The van der Waals surface area contributed by atoms with Crippen LogP contribution in [0, 0.1) is 0 Å². The number of nitrogens with one attached hydrogen (secondary N) is 1. The molecule has 7 nitrogen and oxygen atoms in total. The Morgan fingerprint density at radius 3 is 2.62 bits per heavy atom. The first-order chi connectivity index (χ1) is 15.4. The number of anilines is 1. The average molecular weight is 441 g/mol. The number of carbonyl (C=O) groups excluding carboxylic acids is 1. The molecule has 2 heterocycles. The number of ether oxygens (including phenoxy) is 2. The van der Waals surface area contributed by atoms with E-state index in [2.05, 4.69) is 10.2 Å². The maximum atomic E-state index is 11.5. The minimum atomic E-state index is -0.608. The van der Waals surface area contributed by atoms with Crippen LogP contribution in [-0.2, 0) is 4.79 Å². The van der Waals surface area contributed by atoms with Gasteiger partial charge in [0.15, 0.2) is 0 Å². The summed E-state index contributed by atoms with van der Waals surface area (Å²) in [7, 11) is 1.62. The summed E-state index contributed by atoms with van der Waals surface area (Å²) in [4.78, 5) is 13.7. The molecule has 0 unspecified atom stereocenters. The number of methoxy groups -OCH3 is 1. The van der Waals surface area contributed by atoms with Crippen molar-refractivity contribution in [1.29, 1.82) is 0 Å². The smallest absolute Gasteiger partial charge is 0.224 e. The summed E-state index contributed by atoms with van der Waals surface area (Å²) in [6, 6.07) is 12.9. The van der Waals surface area contributed by atoms with E-state index in [0.29, 0.717) is 30.9 Å². The van der Waals surface area contributed by atoms with Crippen LogP contribution in [0.5, 0.6) is 11.5 Å². The first-order valence-electron chi connectivity index (χ1n) is 11.3. The third kappa shape index (κ3) is 4.90. The van der Waals surface area contributed by atoms with E-state index in [9.17, 15) is 15.0 Å². The van der Waals surface area contributed by atoms with Gasteiger partial charge in [0, 0.05) is 49.8 Å². The molecule has 172 valence electrons. The zero-order valence-corrected chi connectivity index (χ0v) is 18.7. The third-order valence-electron chi connectivity index (χ3n) is 6.57. The van der Waals surface area contributed by atoms with E-state index in [1.165, 1.54) is 0 Å². The zero-order chi connectivity index (χ0) is 22.7. The molecule has 0 radical (unpaired) electrons. The number of aliphatic hydroxyl groups excluding tert-OH is 2. The zero-order valence-electron chi connectivity index (χ0n) is 18.7. The van der Waals surface area contributed by atoms with Crippen LogP contribution in [-0.4, -0.2) is 53.4 Å². The van der Waals surface area contributed by atoms with Crippen molar-refractivity contribution < 1.29 is 24.5 Å². The Morgan fingerprint density at radius 2 is 1.97 bits per heavy atom. The molecule has 7 heteroatoms. The van der Waals surface area contributed by atoms with Crippen LogP contribution in [0.15, 0.2) is 42.5 Å². The van der Waals surface area contributed by atoms with Gasteiger partial charge in [-0.3, -0.25) is 4.79 Å². The molecule has 2 aliphatic rings. The number of likely N-dealkylation sites (tertiary alicyclic amines) is 1. The van der Waals surface area contributed by atoms with E-state index in [-0.39, 0.29) is 11.5 Å². The number of hydrogen-bond acceptors (Lipinski definition) is 6. The molecule has 0 bridgehead atoms. The van der Waals surface area contributed by atoms with Crippen molar-refractivity contribution in [2.24, 2.45) is 0 Å². The largest absolute Gasteiger partial charge is 0.497 e. The van der Waals surface area contributed by atoms with Crippen LogP contribution >= 0.6 is 0 Å². The van der Waals surface area contributed by atoms with Gasteiger partial charge in [-0.15, -0.1) is 0 Å². The van der Waals surface area contributed by atoms with Crippen LogP contribution < -0.4 is 14.8 Å². The Balaban J connectivity index is 1.34. The summed E-state index contributed by atoms with van der Waals surface area (Å²) in [5, 5.41) is 24.2. The Bertz CT molecular complexity index is 938. The third-order valence-corrected chi connectivity index (χ3v) is 6.57. The Kier molecular flexibility index (Phi) is 6.69. The Morgan fingerprint density at radius 1 is 1.25 bits per heavy atom. The molecule has 1 fully saturated rings. The highest BCUT2D eigenvalue weighted by atomic mass is 16.5. The quantitative estimate of drug-likeness (QED) is 0.638. The van der Waals surface area contributed by atoms with Gasteiger partial charge in [-0.2, -0.15) is 0 Å². The minimum absolute atomic E-state index is 0.0309. The van der Waals surface area contributed by atoms with Gasteiger partial charge in [-0.05, 0) is 42.7 Å². The van der Waals surface area contributed by atoms with Crippen LogP contribution in [0.25, 0.3) is 0 Å². The number of aliphatic hydroxyl groups is 2. The van der Waals surface area contributed by atoms with E-state index < -0.39 is 12.2 Å². The number of carbonyl (C=O) groups is 1. The lowest BCUT2D eigenvalue weighted by Gasteiger charge is -2.46. The van der Waals surface area contributed by atoms with Crippen molar-refractivity contribution in [3.63, 3.8) is 0 Å². The molecule has 4 rings (SSSR count). The normalized spacial score (nSPS) is 20.8. The molecule has 2 atom stereocenters. The number of nitrogens with zero attached hydrogens (tertiary/aromatic N) is 1. The van der Waals surface area contributed by atoms with Gasteiger partial charge in [-0.1, -0.05) is 19.1 Å². The molecule has 0 aliphatic carbocycles. The number of amides is 1. The van der Waals surface area contributed by atoms with Gasteiger partial charge in [-0.25, -0.2) is 0 Å². The molecular formula is C25H32N2O5.